The van der Waals surface area contributed by atoms with Crippen molar-refractivity contribution in [2.24, 2.45) is 0 Å². The van der Waals surface area contributed by atoms with Gasteiger partial charge in [-0.15, -0.1) is 0 Å². The number of aryl methyl sites for hydroxylation is 1. The standard InChI is InChI=1S/C11H12N2O2/c1-8-3-2-4-10(5-8)14-6-9-7-15-11(12)13-9/h2-5,7H,6H2,1H3,(H2,12,13). The molecule has 0 unspecified atom stereocenters. The van der Waals surface area contributed by atoms with Gasteiger partial charge in [0.05, 0.1) is 0 Å². The molecule has 0 aliphatic carbocycles. The fourth-order valence-corrected chi connectivity index (χ4v) is 1.25. The molecule has 2 N–H and O–H groups in total. The molecule has 1 aromatic carbocycles. The Kier molecular flexibility index (Phi) is 2.58. The van der Waals surface area contributed by atoms with Gasteiger partial charge in [-0.1, -0.05) is 12.1 Å². The van der Waals surface area contributed by atoms with Crippen molar-refractivity contribution in [3.63, 3.8) is 0 Å². The number of ether oxygens (including phenoxy) is 1. The van der Waals surface area contributed by atoms with E-state index in [9.17, 15) is 0 Å². The molecule has 0 saturated heterocycles. The molecule has 2 rings (SSSR count). The van der Waals surface area contributed by atoms with E-state index in [-0.39, 0.29) is 6.01 Å². The van der Waals surface area contributed by atoms with E-state index < -0.39 is 0 Å². The first-order valence-electron chi connectivity index (χ1n) is 4.63. The molecule has 0 atom stereocenters. The molecular weight excluding hydrogens is 192 g/mol. The molecule has 0 saturated carbocycles. The van der Waals surface area contributed by atoms with Gasteiger partial charge in [0.15, 0.2) is 0 Å². The first kappa shape index (κ1) is 9.58. The maximum absolute atomic E-state index is 5.51. The van der Waals surface area contributed by atoms with Crippen LogP contribution < -0.4 is 10.5 Å². The monoisotopic (exact) mass is 204 g/mol. The molecule has 0 aliphatic heterocycles. The number of nitrogen functional groups attached to an aromatic ring is 1. The van der Waals surface area contributed by atoms with Crippen LogP contribution in [0.5, 0.6) is 5.75 Å². The summed E-state index contributed by atoms with van der Waals surface area (Å²) in [4.78, 5) is 3.93. The first-order chi connectivity index (χ1) is 7.24. The first-order valence-corrected chi connectivity index (χ1v) is 4.63. The number of hydrogen-bond donors (Lipinski definition) is 1. The summed E-state index contributed by atoms with van der Waals surface area (Å²) in [6.45, 7) is 2.38. The Morgan fingerprint density at radius 2 is 2.33 bits per heavy atom. The molecule has 0 bridgehead atoms. The molecule has 0 radical (unpaired) electrons. The zero-order valence-corrected chi connectivity index (χ0v) is 8.43. The summed E-state index contributed by atoms with van der Waals surface area (Å²) in [6, 6.07) is 7.99. The molecule has 0 fully saturated rings. The topological polar surface area (TPSA) is 61.3 Å². The highest BCUT2D eigenvalue weighted by Crippen LogP contribution is 2.14. The van der Waals surface area contributed by atoms with Crippen LogP contribution in [-0.4, -0.2) is 4.98 Å². The van der Waals surface area contributed by atoms with Crippen LogP contribution in [0.2, 0.25) is 0 Å². The fourth-order valence-electron chi connectivity index (χ4n) is 1.25. The van der Waals surface area contributed by atoms with Crippen LogP contribution in [-0.2, 0) is 6.61 Å². The second-order valence-electron chi connectivity index (χ2n) is 3.28. The number of nitrogens with two attached hydrogens (primary N) is 1. The fraction of sp³-hybridized carbons (Fsp3) is 0.182. The Hall–Kier alpha value is -1.97. The smallest absolute Gasteiger partial charge is 0.292 e. The second-order valence-corrected chi connectivity index (χ2v) is 3.28. The summed E-state index contributed by atoms with van der Waals surface area (Å²) in [7, 11) is 0. The Morgan fingerprint density at radius 1 is 1.47 bits per heavy atom. The lowest BCUT2D eigenvalue weighted by Gasteiger charge is -2.03. The number of anilines is 1. The highest BCUT2D eigenvalue weighted by Gasteiger charge is 2.01. The van der Waals surface area contributed by atoms with Crippen LogP contribution in [0.15, 0.2) is 34.9 Å². The number of oxazole rings is 1. The van der Waals surface area contributed by atoms with Crippen LogP contribution in [0.1, 0.15) is 11.3 Å². The van der Waals surface area contributed by atoms with E-state index in [0.29, 0.717) is 12.3 Å². The largest absolute Gasteiger partial charge is 0.487 e. The molecule has 0 spiro atoms. The van der Waals surface area contributed by atoms with Crippen molar-refractivity contribution in [3.05, 3.63) is 41.8 Å². The van der Waals surface area contributed by atoms with Crippen molar-refractivity contribution >= 4 is 6.01 Å². The Labute approximate surface area is 87.7 Å². The average Bonchev–Trinajstić information content (AvgIpc) is 2.62. The van der Waals surface area contributed by atoms with Crippen molar-refractivity contribution in [1.29, 1.82) is 0 Å². The average molecular weight is 204 g/mol. The molecule has 15 heavy (non-hydrogen) atoms. The highest BCUT2D eigenvalue weighted by atomic mass is 16.5. The maximum atomic E-state index is 5.51. The Morgan fingerprint density at radius 3 is 3.00 bits per heavy atom. The van der Waals surface area contributed by atoms with Gasteiger partial charge in [0.25, 0.3) is 6.01 Å². The van der Waals surface area contributed by atoms with Crippen molar-refractivity contribution in [2.75, 3.05) is 5.73 Å². The van der Waals surface area contributed by atoms with Crippen molar-refractivity contribution in [3.8, 4) is 5.75 Å². The summed E-state index contributed by atoms with van der Waals surface area (Å²) < 4.78 is 10.4. The van der Waals surface area contributed by atoms with Crippen molar-refractivity contribution in [2.45, 2.75) is 13.5 Å². The van der Waals surface area contributed by atoms with Gasteiger partial charge in [0.2, 0.25) is 0 Å². The van der Waals surface area contributed by atoms with Gasteiger partial charge in [-0.25, -0.2) is 0 Å². The normalized spacial score (nSPS) is 10.2. The van der Waals surface area contributed by atoms with E-state index >= 15 is 0 Å². The van der Waals surface area contributed by atoms with Gasteiger partial charge in [0, 0.05) is 0 Å². The van der Waals surface area contributed by atoms with E-state index in [4.69, 9.17) is 14.9 Å². The minimum atomic E-state index is 0.165. The van der Waals surface area contributed by atoms with E-state index in [1.54, 1.807) is 0 Å². The summed E-state index contributed by atoms with van der Waals surface area (Å²) in [6.07, 6.45) is 1.49. The minimum Gasteiger partial charge on any atom is -0.487 e. The molecule has 0 aliphatic rings. The van der Waals surface area contributed by atoms with Crippen molar-refractivity contribution < 1.29 is 9.15 Å². The van der Waals surface area contributed by atoms with Crippen LogP contribution >= 0.6 is 0 Å². The summed E-state index contributed by atoms with van der Waals surface area (Å²) in [5.41, 5.74) is 7.19. The second kappa shape index (κ2) is 4.04. The highest BCUT2D eigenvalue weighted by molar-refractivity contribution is 5.27. The third-order valence-electron chi connectivity index (χ3n) is 1.95. The van der Waals surface area contributed by atoms with Gasteiger partial charge in [-0.05, 0) is 24.6 Å². The lowest BCUT2D eigenvalue weighted by atomic mass is 10.2. The zero-order chi connectivity index (χ0) is 10.7. The molecule has 1 aromatic heterocycles. The number of rotatable bonds is 3. The quantitative estimate of drug-likeness (QED) is 0.832. The minimum absolute atomic E-state index is 0.165. The molecular formula is C11H12N2O2. The third kappa shape index (κ3) is 2.49. The SMILES string of the molecule is Cc1cccc(OCc2coc(N)n2)c1. The molecule has 1 heterocycles. The van der Waals surface area contributed by atoms with Gasteiger partial charge >= 0.3 is 0 Å². The third-order valence-corrected chi connectivity index (χ3v) is 1.95. The van der Waals surface area contributed by atoms with E-state index in [2.05, 4.69) is 4.98 Å². The summed E-state index contributed by atoms with van der Waals surface area (Å²) in [5, 5.41) is 0. The van der Waals surface area contributed by atoms with Gasteiger partial charge in [-0.3, -0.25) is 0 Å². The number of nitrogens with zero attached hydrogens (tertiary/aromatic N) is 1. The van der Waals surface area contributed by atoms with E-state index in [0.717, 1.165) is 11.3 Å². The van der Waals surface area contributed by atoms with E-state index in [1.807, 2.05) is 31.2 Å². The van der Waals surface area contributed by atoms with Crippen LogP contribution in [0.3, 0.4) is 0 Å². The predicted octanol–water partition coefficient (Wildman–Crippen LogP) is 2.14. The van der Waals surface area contributed by atoms with Crippen LogP contribution in [0, 0.1) is 6.92 Å². The molecule has 0 amide bonds. The number of aromatic nitrogens is 1. The van der Waals surface area contributed by atoms with Crippen LogP contribution in [0.25, 0.3) is 0 Å². The number of benzene rings is 1. The van der Waals surface area contributed by atoms with Gasteiger partial charge < -0.3 is 14.9 Å². The van der Waals surface area contributed by atoms with Gasteiger partial charge in [0.1, 0.15) is 24.3 Å². The Balaban J connectivity index is 1.99. The zero-order valence-electron chi connectivity index (χ0n) is 8.43. The van der Waals surface area contributed by atoms with Gasteiger partial charge in [-0.2, -0.15) is 4.98 Å². The molecule has 4 nitrogen and oxygen atoms in total. The Bertz CT molecular complexity index is 451. The van der Waals surface area contributed by atoms with E-state index in [1.165, 1.54) is 6.26 Å². The van der Waals surface area contributed by atoms with Crippen LogP contribution in [0.4, 0.5) is 6.01 Å². The lowest BCUT2D eigenvalue weighted by Crippen LogP contribution is -1.96. The summed E-state index contributed by atoms with van der Waals surface area (Å²) in [5.74, 6) is 0.816. The maximum Gasteiger partial charge on any atom is 0.292 e. The number of hydrogen-bond acceptors (Lipinski definition) is 4. The molecule has 4 heteroatoms. The molecule has 78 valence electrons. The lowest BCUT2D eigenvalue weighted by molar-refractivity contribution is 0.301. The van der Waals surface area contributed by atoms with Crippen molar-refractivity contribution in [1.82, 2.24) is 4.98 Å². The molecule has 2 aromatic rings. The predicted molar refractivity (Wildman–Crippen MR) is 56.4 cm³/mol. The summed E-state index contributed by atoms with van der Waals surface area (Å²) >= 11 is 0.